The van der Waals surface area contributed by atoms with Crippen molar-refractivity contribution < 1.29 is 38.0 Å². The highest BCUT2D eigenvalue weighted by Crippen LogP contribution is 2.40. The van der Waals surface area contributed by atoms with Crippen molar-refractivity contribution in [1.29, 1.82) is 0 Å². The number of unbranched alkanes of at least 4 members (excludes halogenated alkanes) is 3. The quantitative estimate of drug-likeness (QED) is 0.242. The minimum atomic E-state index is -1.03. The molecule has 4 aliphatic rings. The molecule has 0 radical (unpaired) electrons. The smallest absolute Gasteiger partial charge is 0.430 e. The standard InChI is InChI=1S/C22H38N2O8S/c1-2-3-4-5-10-27-17-30-19-16-28-20(23-6-11-26-12-7-23)22(32-19,18-15-29-21(25)31-18)24-8-13-33-14-9-24/h18-20H,2-17H2,1H3. The topological polar surface area (TPSA) is 88.2 Å². The van der Waals surface area contributed by atoms with Crippen LogP contribution in [0.3, 0.4) is 0 Å². The molecular weight excluding hydrogens is 452 g/mol. The van der Waals surface area contributed by atoms with Crippen molar-refractivity contribution >= 4 is 17.9 Å². The summed E-state index contributed by atoms with van der Waals surface area (Å²) in [6, 6.07) is 0. The zero-order chi connectivity index (χ0) is 22.9. The molecule has 4 unspecified atom stereocenters. The average molecular weight is 491 g/mol. The highest BCUT2D eigenvalue weighted by Gasteiger charge is 2.62. The lowest BCUT2D eigenvalue weighted by molar-refractivity contribution is -0.399. The van der Waals surface area contributed by atoms with Crippen LogP contribution in [0.5, 0.6) is 0 Å². The number of carbonyl (C=O) groups excluding carboxylic acids is 1. The van der Waals surface area contributed by atoms with Crippen molar-refractivity contribution in [3.05, 3.63) is 0 Å². The van der Waals surface area contributed by atoms with Gasteiger partial charge in [0.1, 0.15) is 20.0 Å². The maximum atomic E-state index is 12.0. The largest absolute Gasteiger partial charge is 0.508 e. The zero-order valence-electron chi connectivity index (χ0n) is 19.6. The number of morpholine rings is 1. The third-order valence-electron chi connectivity index (χ3n) is 6.48. The summed E-state index contributed by atoms with van der Waals surface area (Å²) in [6.07, 6.45) is 2.22. The van der Waals surface area contributed by atoms with Crippen LogP contribution in [0.15, 0.2) is 0 Å². The average Bonchev–Trinajstić information content (AvgIpc) is 3.31. The van der Waals surface area contributed by atoms with Crippen LogP contribution >= 0.6 is 11.8 Å². The van der Waals surface area contributed by atoms with Crippen LogP contribution in [0.2, 0.25) is 0 Å². The van der Waals surface area contributed by atoms with Gasteiger partial charge in [0.25, 0.3) is 0 Å². The number of nitrogens with zero attached hydrogens (tertiary/aromatic N) is 2. The predicted molar refractivity (Wildman–Crippen MR) is 121 cm³/mol. The lowest BCUT2D eigenvalue weighted by Crippen LogP contribution is -2.75. The molecule has 4 rings (SSSR count). The molecule has 0 aromatic carbocycles. The van der Waals surface area contributed by atoms with Gasteiger partial charge in [-0.1, -0.05) is 26.2 Å². The summed E-state index contributed by atoms with van der Waals surface area (Å²) < 4.78 is 41.2. The van der Waals surface area contributed by atoms with E-state index in [-0.39, 0.29) is 20.0 Å². The highest BCUT2D eigenvalue weighted by molar-refractivity contribution is 7.99. The van der Waals surface area contributed by atoms with Crippen molar-refractivity contribution in [2.45, 2.75) is 57.0 Å². The summed E-state index contributed by atoms with van der Waals surface area (Å²) in [5.74, 6) is 1.93. The number of rotatable bonds is 11. The van der Waals surface area contributed by atoms with E-state index < -0.39 is 30.5 Å². The van der Waals surface area contributed by atoms with Gasteiger partial charge in [-0.15, -0.1) is 0 Å². The first-order chi connectivity index (χ1) is 16.2. The Morgan fingerprint density at radius 1 is 1.09 bits per heavy atom. The summed E-state index contributed by atoms with van der Waals surface area (Å²) in [4.78, 5) is 16.4. The van der Waals surface area contributed by atoms with E-state index in [1.165, 1.54) is 12.8 Å². The molecule has 0 aliphatic carbocycles. The molecule has 11 heteroatoms. The first kappa shape index (κ1) is 25.4. The maximum absolute atomic E-state index is 12.0. The predicted octanol–water partition coefficient (Wildman–Crippen LogP) is 1.87. The normalized spacial score (nSPS) is 34.2. The van der Waals surface area contributed by atoms with Gasteiger partial charge in [0.05, 0.1) is 13.2 Å². The fourth-order valence-electron chi connectivity index (χ4n) is 4.78. The Hall–Kier alpha value is -0.660. The molecule has 0 aromatic rings. The van der Waals surface area contributed by atoms with Gasteiger partial charge in [-0.3, -0.25) is 9.80 Å². The van der Waals surface area contributed by atoms with E-state index in [2.05, 4.69) is 16.7 Å². The molecule has 4 fully saturated rings. The maximum Gasteiger partial charge on any atom is 0.508 e. The number of hydrogen-bond acceptors (Lipinski definition) is 11. The Bertz CT molecular complexity index is 605. The molecule has 4 aliphatic heterocycles. The van der Waals surface area contributed by atoms with Crippen molar-refractivity contribution in [3.8, 4) is 0 Å². The van der Waals surface area contributed by atoms with Gasteiger partial charge in [0.2, 0.25) is 5.72 Å². The summed E-state index contributed by atoms with van der Waals surface area (Å²) in [5.41, 5.74) is -1.03. The Labute approximate surface area is 200 Å². The van der Waals surface area contributed by atoms with Crippen LogP contribution < -0.4 is 0 Å². The Morgan fingerprint density at radius 3 is 2.64 bits per heavy atom. The Morgan fingerprint density at radius 2 is 1.91 bits per heavy atom. The first-order valence-corrected chi connectivity index (χ1v) is 13.4. The van der Waals surface area contributed by atoms with Crippen LogP contribution in [0.25, 0.3) is 0 Å². The minimum Gasteiger partial charge on any atom is -0.430 e. The molecule has 4 atom stereocenters. The number of hydrogen-bond donors (Lipinski definition) is 0. The molecule has 0 bridgehead atoms. The summed E-state index contributed by atoms with van der Waals surface area (Å²) in [5, 5.41) is 0. The molecule has 4 heterocycles. The molecule has 0 amide bonds. The van der Waals surface area contributed by atoms with E-state index in [0.717, 1.165) is 37.4 Å². The molecule has 33 heavy (non-hydrogen) atoms. The van der Waals surface area contributed by atoms with Crippen molar-refractivity contribution in [3.63, 3.8) is 0 Å². The number of thioether (sulfide) groups is 1. The van der Waals surface area contributed by atoms with Gasteiger partial charge >= 0.3 is 6.16 Å². The van der Waals surface area contributed by atoms with E-state index >= 15 is 0 Å². The van der Waals surface area contributed by atoms with E-state index in [0.29, 0.717) is 32.9 Å². The number of ether oxygens (including phenoxy) is 7. The fraction of sp³-hybridized carbons (Fsp3) is 0.955. The highest BCUT2D eigenvalue weighted by atomic mass is 32.2. The number of cyclic esters (lactones) is 2. The lowest BCUT2D eigenvalue weighted by Gasteiger charge is -2.56. The third-order valence-corrected chi connectivity index (χ3v) is 7.42. The second-order valence-corrected chi connectivity index (χ2v) is 9.88. The first-order valence-electron chi connectivity index (χ1n) is 12.2. The van der Waals surface area contributed by atoms with Crippen molar-refractivity contribution in [2.24, 2.45) is 0 Å². The van der Waals surface area contributed by atoms with Gasteiger partial charge in [0, 0.05) is 44.3 Å². The Balaban J connectivity index is 1.47. The van der Waals surface area contributed by atoms with Gasteiger partial charge in [-0.25, -0.2) is 4.79 Å². The molecular formula is C22H38N2O8S. The fourth-order valence-corrected chi connectivity index (χ4v) is 5.68. The second-order valence-electron chi connectivity index (χ2n) is 8.65. The second kappa shape index (κ2) is 12.9. The Kier molecular flexibility index (Phi) is 9.92. The lowest BCUT2D eigenvalue weighted by atomic mass is 9.99. The molecule has 10 nitrogen and oxygen atoms in total. The van der Waals surface area contributed by atoms with Crippen molar-refractivity contribution in [1.82, 2.24) is 9.80 Å². The van der Waals surface area contributed by atoms with Crippen LogP contribution in [-0.4, -0.2) is 118 Å². The van der Waals surface area contributed by atoms with E-state index in [9.17, 15) is 4.79 Å². The molecule has 4 saturated heterocycles. The molecule has 0 N–H and O–H groups in total. The van der Waals surface area contributed by atoms with E-state index in [1.807, 2.05) is 11.8 Å². The van der Waals surface area contributed by atoms with Crippen molar-refractivity contribution in [2.75, 3.05) is 77.5 Å². The van der Waals surface area contributed by atoms with Gasteiger partial charge in [-0.2, -0.15) is 11.8 Å². The van der Waals surface area contributed by atoms with Gasteiger partial charge < -0.3 is 33.2 Å². The third kappa shape index (κ3) is 6.32. The molecule has 0 spiro atoms. The van der Waals surface area contributed by atoms with Gasteiger partial charge in [-0.05, 0) is 6.42 Å². The zero-order valence-corrected chi connectivity index (χ0v) is 20.4. The summed E-state index contributed by atoms with van der Waals surface area (Å²) in [6.45, 7) is 7.64. The van der Waals surface area contributed by atoms with Crippen LogP contribution in [-0.2, 0) is 33.2 Å². The van der Waals surface area contributed by atoms with Crippen LogP contribution in [0.4, 0.5) is 4.79 Å². The molecule has 0 saturated carbocycles. The monoisotopic (exact) mass is 490 g/mol. The molecule has 0 aromatic heterocycles. The van der Waals surface area contributed by atoms with Crippen LogP contribution in [0, 0.1) is 0 Å². The summed E-state index contributed by atoms with van der Waals surface area (Å²) >= 11 is 1.90. The van der Waals surface area contributed by atoms with E-state index in [4.69, 9.17) is 33.2 Å². The van der Waals surface area contributed by atoms with Crippen LogP contribution in [0.1, 0.15) is 32.6 Å². The SMILES string of the molecule is CCCCCCOCOC1COC(N2CCOCC2)C(C2COC(=O)O2)(N2CCSCC2)O1. The number of carbonyl (C=O) groups is 1. The molecule has 190 valence electrons. The van der Waals surface area contributed by atoms with Gasteiger partial charge in [0.15, 0.2) is 18.6 Å². The van der Waals surface area contributed by atoms with E-state index in [1.54, 1.807) is 0 Å². The summed E-state index contributed by atoms with van der Waals surface area (Å²) in [7, 11) is 0. The minimum absolute atomic E-state index is 0.118.